The molecule has 0 amide bonds. The van der Waals surface area contributed by atoms with Gasteiger partial charge in [-0.25, -0.2) is 0 Å². The summed E-state index contributed by atoms with van der Waals surface area (Å²) in [6, 6.07) is 0. The molecular formula is C12H26FNa. The van der Waals surface area contributed by atoms with E-state index in [0.717, 1.165) is 12.8 Å². The van der Waals surface area contributed by atoms with E-state index in [2.05, 4.69) is 6.92 Å². The van der Waals surface area contributed by atoms with Crippen LogP contribution in [0.3, 0.4) is 0 Å². The van der Waals surface area contributed by atoms with Crippen LogP contribution in [0.5, 0.6) is 0 Å². The first kappa shape index (κ1) is 17.3. The van der Waals surface area contributed by atoms with E-state index in [-0.39, 0.29) is 37.7 Å². The third-order valence-corrected chi connectivity index (χ3v) is 2.49. The maximum atomic E-state index is 11.7. The fourth-order valence-electron chi connectivity index (χ4n) is 1.58. The molecule has 0 aliphatic rings. The molecule has 0 spiro atoms. The van der Waals surface area contributed by atoms with Gasteiger partial charge in [-0.2, -0.15) is 0 Å². The Morgan fingerprint density at radius 1 is 0.714 bits per heavy atom. The van der Waals surface area contributed by atoms with Crippen LogP contribution in [0, 0.1) is 0 Å². The Kier molecular flexibility index (Phi) is 20.3. The van der Waals surface area contributed by atoms with Crippen molar-refractivity contribution in [2.24, 2.45) is 0 Å². The molecule has 0 aromatic rings. The van der Waals surface area contributed by atoms with E-state index in [0.29, 0.717) is 0 Å². The molecule has 0 bridgehead atoms. The molecule has 0 heterocycles. The average molecular weight is 212 g/mol. The Hall–Kier alpha value is 0.930. The van der Waals surface area contributed by atoms with Gasteiger partial charge in [-0.3, -0.25) is 4.39 Å². The second kappa shape index (κ2) is 16.4. The number of halogens is 1. The summed E-state index contributed by atoms with van der Waals surface area (Å²) >= 11 is 0. The second-order valence-electron chi connectivity index (χ2n) is 3.87. The van der Waals surface area contributed by atoms with Gasteiger partial charge in [-0.1, -0.05) is 64.7 Å². The van der Waals surface area contributed by atoms with Gasteiger partial charge in [-0.05, 0) is 6.42 Å². The first-order valence-corrected chi connectivity index (χ1v) is 5.97. The van der Waals surface area contributed by atoms with Crippen LogP contribution in [-0.2, 0) is 0 Å². The molecule has 0 fully saturated rings. The SMILES string of the molecule is CCCCCCCCCCCCF.[H-].[Na+]. The molecule has 82 valence electrons. The van der Waals surface area contributed by atoms with Crippen LogP contribution in [0.2, 0.25) is 0 Å². The number of unbranched alkanes of at least 4 members (excludes halogenated alkanes) is 9. The van der Waals surface area contributed by atoms with Crippen LogP contribution < -0.4 is 29.6 Å². The predicted octanol–water partition coefficient (Wildman–Crippen LogP) is 1.99. The summed E-state index contributed by atoms with van der Waals surface area (Å²) in [4.78, 5) is 0. The molecule has 0 saturated heterocycles. The van der Waals surface area contributed by atoms with E-state index in [1.165, 1.54) is 51.4 Å². The molecule has 0 aliphatic carbocycles. The third-order valence-electron chi connectivity index (χ3n) is 2.49. The molecule has 0 unspecified atom stereocenters. The summed E-state index contributed by atoms with van der Waals surface area (Å²) in [6.45, 7) is 2.12. The Morgan fingerprint density at radius 3 is 1.43 bits per heavy atom. The molecule has 0 aromatic heterocycles. The maximum Gasteiger partial charge on any atom is 1.00 e. The Bertz CT molecular complexity index is 81.7. The monoisotopic (exact) mass is 212 g/mol. The number of alkyl halides is 1. The van der Waals surface area contributed by atoms with Gasteiger partial charge >= 0.3 is 29.6 Å². The van der Waals surface area contributed by atoms with Crippen molar-refractivity contribution in [3.05, 3.63) is 0 Å². The van der Waals surface area contributed by atoms with E-state index >= 15 is 0 Å². The van der Waals surface area contributed by atoms with Crippen molar-refractivity contribution in [2.75, 3.05) is 6.67 Å². The average Bonchev–Trinajstić information content (AvgIpc) is 2.16. The summed E-state index contributed by atoms with van der Waals surface area (Å²) in [5, 5.41) is 0. The Balaban J connectivity index is -0.000000720. The van der Waals surface area contributed by atoms with Gasteiger partial charge in [0.2, 0.25) is 0 Å². The second-order valence-corrected chi connectivity index (χ2v) is 3.87. The number of hydrogen-bond acceptors (Lipinski definition) is 0. The van der Waals surface area contributed by atoms with Crippen molar-refractivity contribution in [3.8, 4) is 0 Å². The normalized spacial score (nSPS) is 9.86. The summed E-state index contributed by atoms with van der Waals surface area (Å²) in [6.07, 6.45) is 12.7. The standard InChI is InChI=1S/C12H25F.Na.H/c1-2-3-4-5-6-7-8-9-10-11-12-13;;/h2-12H2,1H3;;/q;+1;-1. The smallest absolute Gasteiger partial charge is 1.00 e. The summed E-state index contributed by atoms with van der Waals surface area (Å²) in [5.74, 6) is 0. The molecule has 0 aliphatic heterocycles. The minimum Gasteiger partial charge on any atom is -1.00 e. The molecular weight excluding hydrogens is 186 g/mol. The number of rotatable bonds is 10. The zero-order valence-corrected chi connectivity index (χ0v) is 12.2. The van der Waals surface area contributed by atoms with Gasteiger partial charge in [0, 0.05) is 0 Å². The molecule has 0 aromatic carbocycles. The molecule has 14 heavy (non-hydrogen) atoms. The van der Waals surface area contributed by atoms with Crippen molar-refractivity contribution in [2.45, 2.75) is 71.1 Å². The minimum atomic E-state index is -0.128. The van der Waals surface area contributed by atoms with E-state index in [1.54, 1.807) is 0 Å². The summed E-state index contributed by atoms with van der Waals surface area (Å²) < 4.78 is 11.7. The largest absolute Gasteiger partial charge is 1.00 e. The molecule has 0 saturated carbocycles. The van der Waals surface area contributed by atoms with E-state index in [1.807, 2.05) is 0 Å². The van der Waals surface area contributed by atoms with Crippen LogP contribution in [-0.4, -0.2) is 6.67 Å². The zero-order valence-electron chi connectivity index (χ0n) is 11.2. The zero-order chi connectivity index (χ0) is 9.78. The van der Waals surface area contributed by atoms with E-state index in [9.17, 15) is 4.39 Å². The maximum absolute atomic E-state index is 11.7. The Morgan fingerprint density at radius 2 is 1.07 bits per heavy atom. The quantitative estimate of drug-likeness (QED) is 0.384. The summed E-state index contributed by atoms with van der Waals surface area (Å²) in [7, 11) is 0. The van der Waals surface area contributed by atoms with Crippen molar-refractivity contribution < 1.29 is 35.4 Å². The predicted molar refractivity (Wildman–Crippen MR) is 58.9 cm³/mol. The van der Waals surface area contributed by atoms with Crippen molar-refractivity contribution in [1.29, 1.82) is 0 Å². The minimum absolute atomic E-state index is 0. The Labute approximate surface area is 113 Å². The molecule has 0 N–H and O–H groups in total. The first-order valence-electron chi connectivity index (χ1n) is 5.97. The van der Waals surface area contributed by atoms with Gasteiger partial charge in [0.1, 0.15) is 0 Å². The van der Waals surface area contributed by atoms with E-state index < -0.39 is 0 Å². The molecule has 0 nitrogen and oxygen atoms in total. The molecule has 2 heteroatoms. The third kappa shape index (κ3) is 15.4. The van der Waals surface area contributed by atoms with Crippen molar-refractivity contribution in [3.63, 3.8) is 0 Å². The van der Waals surface area contributed by atoms with E-state index in [4.69, 9.17) is 0 Å². The summed E-state index contributed by atoms with van der Waals surface area (Å²) in [5.41, 5.74) is 0. The molecule has 0 atom stereocenters. The van der Waals surface area contributed by atoms with Crippen LogP contribution in [0.15, 0.2) is 0 Å². The van der Waals surface area contributed by atoms with Gasteiger partial charge in [0.15, 0.2) is 0 Å². The van der Waals surface area contributed by atoms with Gasteiger partial charge in [0.05, 0.1) is 6.67 Å². The fraction of sp³-hybridized carbons (Fsp3) is 1.00. The van der Waals surface area contributed by atoms with Crippen LogP contribution in [0.4, 0.5) is 4.39 Å². The van der Waals surface area contributed by atoms with Crippen molar-refractivity contribution >= 4 is 0 Å². The van der Waals surface area contributed by atoms with Crippen LogP contribution in [0.1, 0.15) is 72.6 Å². The van der Waals surface area contributed by atoms with Crippen LogP contribution >= 0.6 is 0 Å². The fourth-order valence-corrected chi connectivity index (χ4v) is 1.58. The number of hydrogen-bond donors (Lipinski definition) is 0. The topological polar surface area (TPSA) is 0 Å². The van der Waals surface area contributed by atoms with Gasteiger partial charge in [-0.15, -0.1) is 0 Å². The van der Waals surface area contributed by atoms with Gasteiger partial charge in [0.25, 0.3) is 0 Å². The molecule has 0 rings (SSSR count). The first-order chi connectivity index (χ1) is 6.41. The molecule has 0 radical (unpaired) electrons. The van der Waals surface area contributed by atoms with Crippen molar-refractivity contribution in [1.82, 2.24) is 0 Å². The van der Waals surface area contributed by atoms with Crippen LogP contribution in [0.25, 0.3) is 0 Å². The van der Waals surface area contributed by atoms with Gasteiger partial charge < -0.3 is 1.43 Å².